The van der Waals surface area contributed by atoms with E-state index in [2.05, 4.69) is 21.0 Å². The van der Waals surface area contributed by atoms with Crippen LogP contribution in [0.4, 0.5) is 0 Å². The van der Waals surface area contributed by atoms with Crippen LogP contribution in [0.5, 0.6) is 0 Å². The van der Waals surface area contributed by atoms with Crippen LogP contribution in [0.2, 0.25) is 0 Å². The second-order valence-corrected chi connectivity index (χ2v) is 5.68. The van der Waals surface area contributed by atoms with Crippen LogP contribution in [-0.4, -0.2) is 14.9 Å². The third kappa shape index (κ3) is 2.64. The SMILES string of the molecule is Cc1cccc(C(O)c2ccnn2-c2ccccc2)c1Br. The number of aliphatic hydroxyl groups excluding tert-OH is 1. The third-order valence-electron chi connectivity index (χ3n) is 3.47. The van der Waals surface area contributed by atoms with E-state index in [-0.39, 0.29) is 0 Å². The molecule has 3 aromatic rings. The lowest BCUT2D eigenvalue weighted by atomic mass is 10.0. The second kappa shape index (κ2) is 5.84. The van der Waals surface area contributed by atoms with Crippen LogP contribution in [0.3, 0.4) is 0 Å². The van der Waals surface area contributed by atoms with Crippen molar-refractivity contribution in [2.24, 2.45) is 0 Å². The molecule has 3 nitrogen and oxygen atoms in total. The van der Waals surface area contributed by atoms with Gasteiger partial charge in [0.15, 0.2) is 0 Å². The smallest absolute Gasteiger partial charge is 0.122 e. The van der Waals surface area contributed by atoms with E-state index >= 15 is 0 Å². The van der Waals surface area contributed by atoms with Crippen LogP contribution < -0.4 is 0 Å². The summed E-state index contributed by atoms with van der Waals surface area (Å²) in [6.45, 7) is 2.01. The molecular formula is C17H15BrN2O. The van der Waals surface area contributed by atoms with Crippen molar-refractivity contribution in [3.63, 3.8) is 0 Å². The first-order chi connectivity index (χ1) is 10.2. The summed E-state index contributed by atoms with van der Waals surface area (Å²) in [5.41, 5.74) is 3.61. The van der Waals surface area contributed by atoms with Gasteiger partial charge in [-0.1, -0.05) is 52.3 Å². The molecule has 1 unspecified atom stereocenters. The highest BCUT2D eigenvalue weighted by atomic mass is 79.9. The summed E-state index contributed by atoms with van der Waals surface area (Å²) >= 11 is 3.56. The molecule has 3 rings (SSSR count). The van der Waals surface area contributed by atoms with Gasteiger partial charge in [-0.25, -0.2) is 4.68 Å². The summed E-state index contributed by atoms with van der Waals surface area (Å²) < 4.78 is 2.69. The van der Waals surface area contributed by atoms with Gasteiger partial charge >= 0.3 is 0 Å². The normalized spacial score (nSPS) is 12.3. The molecule has 1 N–H and O–H groups in total. The fourth-order valence-electron chi connectivity index (χ4n) is 2.35. The number of aryl methyl sites for hydroxylation is 1. The van der Waals surface area contributed by atoms with Crippen molar-refractivity contribution in [2.75, 3.05) is 0 Å². The maximum atomic E-state index is 10.7. The molecule has 0 aliphatic heterocycles. The largest absolute Gasteiger partial charge is 0.382 e. The van der Waals surface area contributed by atoms with Gasteiger partial charge in [0.25, 0.3) is 0 Å². The molecular weight excluding hydrogens is 328 g/mol. The van der Waals surface area contributed by atoms with Crippen LogP contribution >= 0.6 is 15.9 Å². The number of halogens is 1. The molecule has 0 amide bonds. The minimum atomic E-state index is -0.734. The Bertz CT molecular complexity index is 752. The Labute approximate surface area is 132 Å². The number of para-hydroxylation sites is 1. The standard InChI is InChI=1S/C17H15BrN2O/c1-12-6-5-9-14(16(12)18)17(21)15-10-11-19-20(15)13-7-3-2-4-8-13/h2-11,17,21H,1H3. The van der Waals surface area contributed by atoms with Crippen molar-refractivity contribution in [3.05, 3.63) is 82.1 Å². The summed E-state index contributed by atoms with van der Waals surface area (Å²) in [7, 11) is 0. The number of aliphatic hydroxyl groups is 1. The van der Waals surface area contributed by atoms with Crippen LogP contribution in [0.1, 0.15) is 22.9 Å². The number of benzene rings is 2. The molecule has 0 saturated heterocycles. The Balaban J connectivity index is 2.06. The molecule has 1 heterocycles. The molecule has 0 aliphatic rings. The Morgan fingerprint density at radius 3 is 2.57 bits per heavy atom. The van der Waals surface area contributed by atoms with E-state index in [1.807, 2.05) is 61.5 Å². The topological polar surface area (TPSA) is 38.1 Å². The maximum Gasteiger partial charge on any atom is 0.122 e. The predicted molar refractivity (Wildman–Crippen MR) is 86.5 cm³/mol. The van der Waals surface area contributed by atoms with Crippen molar-refractivity contribution in [3.8, 4) is 5.69 Å². The highest BCUT2D eigenvalue weighted by Gasteiger charge is 2.19. The van der Waals surface area contributed by atoms with Gasteiger partial charge in [-0.05, 0) is 30.7 Å². The van der Waals surface area contributed by atoms with Crippen molar-refractivity contribution >= 4 is 15.9 Å². The number of hydrogen-bond donors (Lipinski definition) is 1. The molecule has 0 aliphatic carbocycles. The average Bonchev–Trinajstić information content (AvgIpc) is 3.00. The quantitative estimate of drug-likeness (QED) is 0.780. The van der Waals surface area contributed by atoms with Crippen LogP contribution in [0.15, 0.2) is 65.3 Å². The van der Waals surface area contributed by atoms with Crippen LogP contribution in [0.25, 0.3) is 5.69 Å². The van der Waals surface area contributed by atoms with Gasteiger partial charge in [-0.2, -0.15) is 5.10 Å². The number of hydrogen-bond acceptors (Lipinski definition) is 2. The van der Waals surface area contributed by atoms with Gasteiger partial charge in [0.2, 0.25) is 0 Å². The van der Waals surface area contributed by atoms with E-state index in [1.54, 1.807) is 10.9 Å². The van der Waals surface area contributed by atoms with Gasteiger partial charge in [-0.3, -0.25) is 0 Å². The molecule has 0 bridgehead atoms. The number of rotatable bonds is 3. The van der Waals surface area contributed by atoms with Crippen LogP contribution in [-0.2, 0) is 0 Å². The van der Waals surface area contributed by atoms with E-state index in [4.69, 9.17) is 0 Å². The zero-order chi connectivity index (χ0) is 14.8. The Hall–Kier alpha value is -1.91. The minimum absolute atomic E-state index is 0.734. The molecule has 0 radical (unpaired) electrons. The van der Waals surface area contributed by atoms with Crippen molar-refractivity contribution < 1.29 is 5.11 Å². The maximum absolute atomic E-state index is 10.7. The molecule has 4 heteroatoms. The monoisotopic (exact) mass is 342 g/mol. The zero-order valence-electron chi connectivity index (χ0n) is 11.6. The highest BCUT2D eigenvalue weighted by molar-refractivity contribution is 9.10. The number of nitrogens with zero attached hydrogens (tertiary/aromatic N) is 2. The zero-order valence-corrected chi connectivity index (χ0v) is 13.2. The molecule has 0 fully saturated rings. The summed E-state index contributed by atoms with van der Waals surface area (Å²) in [6, 6.07) is 17.5. The predicted octanol–water partition coefficient (Wildman–Crippen LogP) is 4.02. The summed E-state index contributed by atoms with van der Waals surface area (Å²) in [6.07, 6.45) is 0.969. The van der Waals surface area contributed by atoms with Gasteiger partial charge in [0, 0.05) is 16.2 Å². The Morgan fingerprint density at radius 2 is 1.81 bits per heavy atom. The van der Waals surface area contributed by atoms with Crippen molar-refractivity contribution in [1.82, 2.24) is 9.78 Å². The molecule has 1 aromatic heterocycles. The lowest BCUT2D eigenvalue weighted by molar-refractivity contribution is 0.211. The molecule has 0 saturated carbocycles. The third-order valence-corrected chi connectivity index (χ3v) is 4.55. The van der Waals surface area contributed by atoms with Gasteiger partial charge < -0.3 is 5.11 Å². The lowest BCUT2D eigenvalue weighted by Gasteiger charge is -2.16. The van der Waals surface area contributed by atoms with E-state index < -0.39 is 6.10 Å². The van der Waals surface area contributed by atoms with Crippen molar-refractivity contribution in [2.45, 2.75) is 13.0 Å². The summed E-state index contributed by atoms with van der Waals surface area (Å²) in [4.78, 5) is 0. The Morgan fingerprint density at radius 1 is 1.05 bits per heavy atom. The van der Waals surface area contributed by atoms with E-state index in [1.165, 1.54) is 0 Å². The van der Waals surface area contributed by atoms with Gasteiger partial charge in [-0.15, -0.1) is 0 Å². The summed E-state index contributed by atoms with van der Waals surface area (Å²) in [5, 5.41) is 15.1. The fraction of sp³-hybridized carbons (Fsp3) is 0.118. The van der Waals surface area contributed by atoms with E-state index in [0.717, 1.165) is 27.0 Å². The van der Waals surface area contributed by atoms with Crippen molar-refractivity contribution in [1.29, 1.82) is 0 Å². The van der Waals surface area contributed by atoms with Crippen LogP contribution in [0, 0.1) is 6.92 Å². The van der Waals surface area contributed by atoms with E-state index in [0.29, 0.717) is 0 Å². The first-order valence-electron chi connectivity index (χ1n) is 6.71. The molecule has 1 atom stereocenters. The number of aromatic nitrogens is 2. The first kappa shape index (κ1) is 14.0. The summed E-state index contributed by atoms with van der Waals surface area (Å²) in [5.74, 6) is 0. The molecule has 0 spiro atoms. The van der Waals surface area contributed by atoms with Gasteiger partial charge in [0.1, 0.15) is 6.10 Å². The Kier molecular flexibility index (Phi) is 3.90. The highest BCUT2D eigenvalue weighted by Crippen LogP contribution is 2.31. The van der Waals surface area contributed by atoms with E-state index in [9.17, 15) is 5.11 Å². The lowest BCUT2D eigenvalue weighted by Crippen LogP contribution is -2.09. The molecule has 21 heavy (non-hydrogen) atoms. The molecule has 106 valence electrons. The molecule has 2 aromatic carbocycles. The van der Waals surface area contributed by atoms with Gasteiger partial charge in [0.05, 0.1) is 11.4 Å². The fourth-order valence-corrected chi connectivity index (χ4v) is 2.83. The second-order valence-electron chi connectivity index (χ2n) is 4.88. The minimum Gasteiger partial charge on any atom is -0.382 e. The average molecular weight is 343 g/mol. The first-order valence-corrected chi connectivity index (χ1v) is 7.50.